The molecule has 1 aliphatic rings. The number of methoxy groups -OCH3 is 1. The smallest absolute Gasteiger partial charge is 0.309 e. The Kier molecular flexibility index (Phi) is 3.68. The average Bonchev–Trinajstić information content (AvgIpc) is 2.92. The van der Waals surface area contributed by atoms with Crippen LogP contribution in [-0.4, -0.2) is 13.1 Å². The molecule has 0 N–H and O–H groups in total. The zero-order valence-corrected chi connectivity index (χ0v) is 11.9. The molecule has 0 aliphatic heterocycles. The van der Waals surface area contributed by atoms with Gasteiger partial charge in [0.25, 0.3) is 0 Å². The van der Waals surface area contributed by atoms with Crippen LogP contribution in [-0.2, 0) is 9.53 Å². The van der Waals surface area contributed by atoms with E-state index in [0.29, 0.717) is 5.56 Å². The van der Waals surface area contributed by atoms with E-state index in [1.807, 2.05) is 13.8 Å². The molecule has 102 valence electrons. The molecule has 0 amide bonds. The van der Waals surface area contributed by atoms with Gasteiger partial charge in [-0.25, -0.2) is 4.39 Å². The van der Waals surface area contributed by atoms with Gasteiger partial charge >= 0.3 is 5.97 Å². The van der Waals surface area contributed by atoms with Gasteiger partial charge < -0.3 is 4.74 Å². The fraction of sp³-hybridized carbons (Fsp3) is 0.400. The van der Waals surface area contributed by atoms with Crippen LogP contribution >= 0.6 is 11.6 Å². The van der Waals surface area contributed by atoms with Crippen molar-refractivity contribution in [2.24, 2.45) is 17.3 Å². The van der Waals surface area contributed by atoms with Crippen LogP contribution in [0.25, 0.3) is 5.57 Å². The molecule has 0 saturated heterocycles. The minimum atomic E-state index is -0.318. The highest BCUT2D eigenvalue weighted by Gasteiger charge is 2.63. The lowest BCUT2D eigenvalue weighted by Crippen LogP contribution is -2.07. The van der Waals surface area contributed by atoms with Crippen LogP contribution in [0.15, 0.2) is 29.8 Å². The Morgan fingerprint density at radius 1 is 1.42 bits per heavy atom. The maximum absolute atomic E-state index is 13.3. The van der Waals surface area contributed by atoms with E-state index >= 15 is 0 Å². The van der Waals surface area contributed by atoms with Crippen molar-refractivity contribution in [3.63, 3.8) is 0 Å². The molecule has 2 rings (SSSR count). The fourth-order valence-corrected chi connectivity index (χ4v) is 3.03. The van der Waals surface area contributed by atoms with Gasteiger partial charge in [0.1, 0.15) is 5.82 Å². The summed E-state index contributed by atoms with van der Waals surface area (Å²) in [6.07, 6.45) is 0. The Labute approximate surface area is 117 Å². The zero-order chi connectivity index (χ0) is 14.2. The van der Waals surface area contributed by atoms with Crippen LogP contribution in [0.5, 0.6) is 0 Å². The molecule has 0 radical (unpaired) electrons. The van der Waals surface area contributed by atoms with Gasteiger partial charge in [-0.3, -0.25) is 4.79 Å². The number of hydrogen-bond donors (Lipinski definition) is 0. The molecule has 1 aromatic rings. The fourth-order valence-electron chi connectivity index (χ4n) is 2.76. The molecule has 0 bridgehead atoms. The second-order valence-electron chi connectivity index (χ2n) is 5.37. The summed E-state index contributed by atoms with van der Waals surface area (Å²) in [5.74, 6) is -0.839. The van der Waals surface area contributed by atoms with Gasteiger partial charge in [0.05, 0.1) is 13.0 Å². The predicted octanol–water partition coefficient (Wildman–Crippen LogP) is 3.85. The first kappa shape index (κ1) is 14.1. The van der Waals surface area contributed by atoms with Crippen LogP contribution < -0.4 is 0 Å². The number of esters is 1. The zero-order valence-electron chi connectivity index (χ0n) is 11.1. The van der Waals surface area contributed by atoms with E-state index < -0.39 is 0 Å². The SMILES string of the molecule is COC(=O)C1C(C(=CCl)c2cccc(F)c2)C1(C)C. The molecular formula is C15H16ClFO2. The molecule has 19 heavy (non-hydrogen) atoms. The van der Waals surface area contributed by atoms with Crippen molar-refractivity contribution in [2.75, 3.05) is 7.11 Å². The Bertz CT molecular complexity index is 537. The Morgan fingerprint density at radius 2 is 2.11 bits per heavy atom. The monoisotopic (exact) mass is 282 g/mol. The molecule has 4 heteroatoms. The first-order valence-electron chi connectivity index (χ1n) is 6.07. The van der Waals surface area contributed by atoms with Crippen LogP contribution in [0.3, 0.4) is 0 Å². The Balaban J connectivity index is 2.33. The second-order valence-corrected chi connectivity index (χ2v) is 5.59. The molecule has 2 atom stereocenters. The summed E-state index contributed by atoms with van der Waals surface area (Å²) >= 11 is 5.89. The third-order valence-electron chi connectivity index (χ3n) is 3.89. The average molecular weight is 283 g/mol. The quantitative estimate of drug-likeness (QED) is 0.787. The topological polar surface area (TPSA) is 26.3 Å². The lowest BCUT2D eigenvalue weighted by Gasteiger charge is -2.08. The van der Waals surface area contributed by atoms with Crippen molar-refractivity contribution in [3.8, 4) is 0 Å². The number of hydrogen-bond acceptors (Lipinski definition) is 2. The molecule has 2 nitrogen and oxygen atoms in total. The van der Waals surface area contributed by atoms with Crippen molar-refractivity contribution in [3.05, 3.63) is 41.2 Å². The van der Waals surface area contributed by atoms with Crippen LogP contribution in [0.2, 0.25) is 0 Å². The van der Waals surface area contributed by atoms with Crippen LogP contribution in [0.4, 0.5) is 4.39 Å². The number of allylic oxidation sites excluding steroid dienone is 1. The highest BCUT2D eigenvalue weighted by Crippen LogP contribution is 2.64. The van der Waals surface area contributed by atoms with Gasteiger partial charge in [0.2, 0.25) is 0 Å². The molecule has 0 heterocycles. The summed E-state index contributed by atoms with van der Waals surface area (Å²) in [7, 11) is 1.38. The van der Waals surface area contributed by atoms with E-state index in [9.17, 15) is 9.18 Å². The van der Waals surface area contributed by atoms with E-state index in [2.05, 4.69) is 0 Å². The number of benzene rings is 1. The summed E-state index contributed by atoms with van der Waals surface area (Å²) in [6, 6.07) is 6.23. The van der Waals surface area contributed by atoms with E-state index in [1.165, 1.54) is 24.8 Å². The molecule has 0 aromatic heterocycles. The second kappa shape index (κ2) is 4.97. The summed E-state index contributed by atoms with van der Waals surface area (Å²) in [5, 5.41) is 0. The van der Waals surface area contributed by atoms with Gasteiger partial charge in [-0.05, 0) is 28.7 Å². The lowest BCUT2D eigenvalue weighted by molar-refractivity contribution is -0.143. The van der Waals surface area contributed by atoms with Crippen molar-refractivity contribution < 1.29 is 13.9 Å². The van der Waals surface area contributed by atoms with E-state index in [4.69, 9.17) is 16.3 Å². The molecule has 1 aliphatic carbocycles. The summed E-state index contributed by atoms with van der Waals surface area (Å²) in [6.45, 7) is 3.97. The van der Waals surface area contributed by atoms with Crippen LogP contribution in [0.1, 0.15) is 19.4 Å². The number of carbonyl (C=O) groups is 1. The third kappa shape index (κ3) is 2.39. The largest absolute Gasteiger partial charge is 0.469 e. The summed E-state index contributed by atoms with van der Waals surface area (Å²) in [5.41, 5.74) is 2.70. The predicted molar refractivity (Wildman–Crippen MR) is 73.0 cm³/mol. The Hall–Kier alpha value is -1.35. The molecule has 2 unspecified atom stereocenters. The minimum absolute atomic E-state index is 0.0424. The van der Waals surface area contributed by atoms with Gasteiger partial charge in [-0.1, -0.05) is 37.6 Å². The number of rotatable bonds is 3. The number of carbonyl (C=O) groups excluding carboxylic acids is 1. The van der Waals surface area contributed by atoms with Crippen LogP contribution in [0, 0.1) is 23.1 Å². The Morgan fingerprint density at radius 3 is 2.63 bits per heavy atom. The third-order valence-corrected chi connectivity index (χ3v) is 4.13. The van der Waals surface area contributed by atoms with E-state index in [1.54, 1.807) is 12.1 Å². The molecule has 0 spiro atoms. The maximum Gasteiger partial charge on any atom is 0.309 e. The van der Waals surface area contributed by atoms with E-state index in [-0.39, 0.29) is 29.0 Å². The molecule has 1 aromatic carbocycles. The van der Waals surface area contributed by atoms with Crippen molar-refractivity contribution in [1.29, 1.82) is 0 Å². The van der Waals surface area contributed by atoms with Crippen molar-refractivity contribution >= 4 is 23.1 Å². The van der Waals surface area contributed by atoms with E-state index in [0.717, 1.165) is 5.57 Å². The molecule has 1 fully saturated rings. The highest BCUT2D eigenvalue weighted by atomic mass is 35.5. The maximum atomic E-state index is 13.3. The first-order valence-corrected chi connectivity index (χ1v) is 6.51. The summed E-state index contributed by atoms with van der Waals surface area (Å²) < 4.78 is 18.1. The first-order chi connectivity index (χ1) is 8.93. The van der Waals surface area contributed by atoms with Gasteiger partial charge in [-0.2, -0.15) is 0 Å². The van der Waals surface area contributed by atoms with Crippen molar-refractivity contribution in [2.45, 2.75) is 13.8 Å². The van der Waals surface area contributed by atoms with Gasteiger partial charge in [0, 0.05) is 11.5 Å². The molecular weight excluding hydrogens is 267 g/mol. The number of halogens is 2. The standard InChI is InChI=1S/C15H16ClFO2/c1-15(2)12(13(15)14(18)19-3)11(8-16)9-5-4-6-10(17)7-9/h4-8,12-13H,1-3H3. The van der Waals surface area contributed by atoms with Crippen molar-refractivity contribution in [1.82, 2.24) is 0 Å². The lowest BCUT2D eigenvalue weighted by atomic mass is 9.98. The highest BCUT2D eigenvalue weighted by molar-refractivity contribution is 6.28. The normalized spacial score (nSPS) is 25.0. The van der Waals surface area contributed by atoms with Gasteiger partial charge in [0.15, 0.2) is 0 Å². The number of ether oxygens (including phenoxy) is 1. The molecule has 1 saturated carbocycles. The summed E-state index contributed by atoms with van der Waals surface area (Å²) in [4.78, 5) is 11.8. The minimum Gasteiger partial charge on any atom is -0.469 e. The van der Waals surface area contributed by atoms with Gasteiger partial charge in [-0.15, -0.1) is 0 Å².